The second-order valence-electron chi connectivity index (χ2n) is 5.79. The molecule has 0 saturated carbocycles. The van der Waals surface area contributed by atoms with Crippen molar-refractivity contribution in [1.82, 2.24) is 9.62 Å². The molecule has 1 aromatic rings. The second-order valence-corrected chi connectivity index (χ2v) is 7.56. The van der Waals surface area contributed by atoms with Crippen molar-refractivity contribution < 1.29 is 26.7 Å². The van der Waals surface area contributed by atoms with Crippen molar-refractivity contribution in [3.63, 3.8) is 0 Å². The molecule has 2 rings (SSSR count). The van der Waals surface area contributed by atoms with Crippen LogP contribution in [0, 0.1) is 0 Å². The summed E-state index contributed by atoms with van der Waals surface area (Å²) in [4.78, 5) is 1.59. The van der Waals surface area contributed by atoms with Crippen molar-refractivity contribution in [1.29, 1.82) is 0 Å². The van der Waals surface area contributed by atoms with E-state index in [2.05, 4.69) is 4.72 Å². The molecule has 0 amide bonds. The SMILES string of the molecule is O=S(=O)(NCCN1CCCC[C@@H]1CO)c1cccc(C(F)(F)F)c1. The molecule has 0 spiro atoms. The molecule has 1 saturated heterocycles. The van der Waals surface area contributed by atoms with Crippen LogP contribution in [0.15, 0.2) is 29.2 Å². The van der Waals surface area contributed by atoms with Gasteiger partial charge in [-0.2, -0.15) is 13.2 Å². The summed E-state index contributed by atoms with van der Waals surface area (Å²) in [5, 5.41) is 9.32. The molecule has 0 aliphatic carbocycles. The van der Waals surface area contributed by atoms with Gasteiger partial charge in [-0.1, -0.05) is 12.5 Å². The van der Waals surface area contributed by atoms with E-state index in [1.54, 1.807) is 0 Å². The Morgan fingerprint density at radius 3 is 2.71 bits per heavy atom. The molecule has 0 unspecified atom stereocenters. The molecular formula is C15H21F3N2O3S. The predicted octanol–water partition coefficient (Wildman–Crippen LogP) is 1.83. The van der Waals surface area contributed by atoms with Gasteiger partial charge in [0.2, 0.25) is 10.0 Å². The van der Waals surface area contributed by atoms with Crippen LogP contribution >= 0.6 is 0 Å². The van der Waals surface area contributed by atoms with E-state index in [0.29, 0.717) is 12.6 Å². The van der Waals surface area contributed by atoms with E-state index in [1.165, 1.54) is 0 Å². The molecule has 1 fully saturated rings. The van der Waals surface area contributed by atoms with Gasteiger partial charge >= 0.3 is 6.18 Å². The molecule has 136 valence electrons. The van der Waals surface area contributed by atoms with Gasteiger partial charge in [-0.05, 0) is 37.6 Å². The van der Waals surface area contributed by atoms with Gasteiger partial charge in [-0.15, -0.1) is 0 Å². The Bertz CT molecular complexity index is 650. The zero-order valence-electron chi connectivity index (χ0n) is 13.1. The Labute approximate surface area is 139 Å². The van der Waals surface area contributed by atoms with Crippen molar-refractivity contribution in [2.24, 2.45) is 0 Å². The number of piperidine rings is 1. The first kappa shape index (κ1) is 19.2. The van der Waals surface area contributed by atoms with Gasteiger partial charge in [0, 0.05) is 19.1 Å². The van der Waals surface area contributed by atoms with Crippen molar-refractivity contribution in [2.75, 3.05) is 26.2 Å². The van der Waals surface area contributed by atoms with E-state index in [0.717, 1.165) is 44.0 Å². The first-order chi connectivity index (χ1) is 11.2. The van der Waals surface area contributed by atoms with Gasteiger partial charge in [-0.25, -0.2) is 13.1 Å². The minimum absolute atomic E-state index is 0.0109. The van der Waals surface area contributed by atoms with E-state index >= 15 is 0 Å². The Hall–Kier alpha value is -1.16. The highest BCUT2D eigenvalue weighted by atomic mass is 32.2. The van der Waals surface area contributed by atoms with Crippen molar-refractivity contribution in [3.8, 4) is 0 Å². The third-order valence-electron chi connectivity index (χ3n) is 4.12. The van der Waals surface area contributed by atoms with E-state index in [9.17, 15) is 26.7 Å². The predicted molar refractivity (Wildman–Crippen MR) is 82.9 cm³/mol. The summed E-state index contributed by atoms with van der Waals surface area (Å²) in [7, 11) is -4.01. The summed E-state index contributed by atoms with van der Waals surface area (Å²) in [5.41, 5.74) is -0.998. The lowest BCUT2D eigenvalue weighted by Gasteiger charge is -2.34. The molecule has 2 N–H and O–H groups in total. The lowest BCUT2D eigenvalue weighted by molar-refractivity contribution is -0.137. The van der Waals surface area contributed by atoms with E-state index in [-0.39, 0.29) is 19.2 Å². The Morgan fingerprint density at radius 2 is 2.04 bits per heavy atom. The normalized spacial score (nSPS) is 20.2. The third-order valence-corrected chi connectivity index (χ3v) is 5.58. The highest BCUT2D eigenvalue weighted by Gasteiger charge is 2.31. The Kier molecular flexibility index (Phi) is 6.24. The Balaban J connectivity index is 1.99. The average molecular weight is 366 g/mol. The minimum Gasteiger partial charge on any atom is -0.395 e. The summed E-state index contributed by atoms with van der Waals surface area (Å²) in [6.07, 6.45) is -1.72. The number of rotatable bonds is 6. The fourth-order valence-electron chi connectivity index (χ4n) is 2.81. The van der Waals surface area contributed by atoms with Crippen LogP contribution < -0.4 is 4.72 Å². The lowest BCUT2D eigenvalue weighted by Crippen LogP contribution is -2.45. The van der Waals surface area contributed by atoms with Crippen molar-refractivity contribution in [2.45, 2.75) is 36.4 Å². The molecule has 1 aliphatic heterocycles. The number of alkyl halides is 3. The van der Waals surface area contributed by atoms with Crippen LogP contribution in [-0.4, -0.2) is 50.7 Å². The number of likely N-dealkylation sites (tertiary alicyclic amines) is 1. The molecule has 0 bridgehead atoms. The van der Waals surface area contributed by atoms with E-state index in [1.807, 2.05) is 4.90 Å². The molecule has 24 heavy (non-hydrogen) atoms. The van der Waals surface area contributed by atoms with Crippen LogP contribution in [0.2, 0.25) is 0 Å². The van der Waals surface area contributed by atoms with Gasteiger partial charge in [0.1, 0.15) is 0 Å². The fraction of sp³-hybridized carbons (Fsp3) is 0.600. The Morgan fingerprint density at radius 1 is 1.29 bits per heavy atom. The van der Waals surface area contributed by atoms with Crippen LogP contribution in [0.5, 0.6) is 0 Å². The van der Waals surface area contributed by atoms with Crippen molar-refractivity contribution >= 4 is 10.0 Å². The molecule has 1 aromatic carbocycles. The maximum Gasteiger partial charge on any atom is 0.416 e. The number of benzene rings is 1. The highest BCUT2D eigenvalue weighted by molar-refractivity contribution is 7.89. The number of sulfonamides is 1. The monoisotopic (exact) mass is 366 g/mol. The molecular weight excluding hydrogens is 345 g/mol. The number of aliphatic hydroxyl groups is 1. The number of aliphatic hydroxyl groups excluding tert-OH is 1. The zero-order chi connectivity index (χ0) is 17.8. The average Bonchev–Trinajstić information content (AvgIpc) is 2.54. The molecule has 9 heteroatoms. The molecule has 1 aliphatic rings. The maximum atomic E-state index is 12.7. The summed E-state index contributed by atoms with van der Waals surface area (Å²) in [6.45, 7) is 1.27. The lowest BCUT2D eigenvalue weighted by atomic mass is 10.0. The number of nitrogens with zero attached hydrogens (tertiary/aromatic N) is 1. The van der Waals surface area contributed by atoms with Crippen LogP contribution in [-0.2, 0) is 16.2 Å². The van der Waals surface area contributed by atoms with E-state index < -0.39 is 26.7 Å². The number of hydrogen-bond acceptors (Lipinski definition) is 4. The first-order valence-corrected chi connectivity index (χ1v) is 9.24. The topological polar surface area (TPSA) is 69.6 Å². The molecule has 0 aromatic heterocycles. The summed E-state index contributed by atoms with van der Waals surface area (Å²) in [5.74, 6) is 0. The number of hydrogen-bond donors (Lipinski definition) is 2. The van der Waals surface area contributed by atoms with Gasteiger partial charge < -0.3 is 5.11 Å². The number of halogens is 3. The quantitative estimate of drug-likeness (QED) is 0.806. The summed E-state index contributed by atoms with van der Waals surface area (Å²) in [6, 6.07) is 3.67. The second kappa shape index (κ2) is 7.81. The number of nitrogens with one attached hydrogen (secondary N) is 1. The summed E-state index contributed by atoms with van der Waals surface area (Å²) >= 11 is 0. The smallest absolute Gasteiger partial charge is 0.395 e. The zero-order valence-corrected chi connectivity index (χ0v) is 13.9. The van der Waals surface area contributed by atoms with Crippen LogP contribution in [0.25, 0.3) is 0 Å². The molecule has 0 radical (unpaired) electrons. The van der Waals surface area contributed by atoms with E-state index in [4.69, 9.17) is 0 Å². The third kappa shape index (κ3) is 4.92. The van der Waals surface area contributed by atoms with Gasteiger partial charge in [-0.3, -0.25) is 4.90 Å². The fourth-order valence-corrected chi connectivity index (χ4v) is 3.87. The molecule has 1 atom stereocenters. The standard InChI is InChI=1S/C15H21F3N2O3S/c16-15(17,18)12-4-3-6-14(10-12)24(22,23)19-7-9-20-8-2-1-5-13(20)11-21/h3-4,6,10,13,19,21H,1-2,5,7-9,11H2/t13-/m1/s1. The minimum atomic E-state index is -4.59. The van der Waals surface area contributed by atoms with Crippen molar-refractivity contribution in [3.05, 3.63) is 29.8 Å². The van der Waals surface area contributed by atoms with Crippen LogP contribution in [0.4, 0.5) is 13.2 Å². The largest absolute Gasteiger partial charge is 0.416 e. The highest BCUT2D eigenvalue weighted by Crippen LogP contribution is 2.30. The molecule has 5 nitrogen and oxygen atoms in total. The van der Waals surface area contributed by atoms with Gasteiger partial charge in [0.15, 0.2) is 0 Å². The molecule has 1 heterocycles. The van der Waals surface area contributed by atoms with Gasteiger partial charge in [0.05, 0.1) is 17.1 Å². The maximum absolute atomic E-state index is 12.7. The first-order valence-electron chi connectivity index (χ1n) is 7.76. The summed E-state index contributed by atoms with van der Waals surface area (Å²) < 4.78 is 64.7. The van der Waals surface area contributed by atoms with Crippen LogP contribution in [0.1, 0.15) is 24.8 Å². The van der Waals surface area contributed by atoms with Gasteiger partial charge in [0.25, 0.3) is 0 Å². The van der Waals surface area contributed by atoms with Crippen LogP contribution in [0.3, 0.4) is 0 Å².